The number of aromatic nitrogens is 4. The molecule has 2 N–H and O–H groups in total. The third-order valence-electron chi connectivity index (χ3n) is 4.84. The van der Waals surface area contributed by atoms with Gasteiger partial charge in [-0.1, -0.05) is 61.8 Å². The van der Waals surface area contributed by atoms with Gasteiger partial charge in [-0.2, -0.15) is 0 Å². The lowest BCUT2D eigenvalue weighted by Crippen LogP contribution is -2.17. The summed E-state index contributed by atoms with van der Waals surface area (Å²) in [6.45, 7) is 4.11. The van der Waals surface area contributed by atoms with Crippen LogP contribution in [0.5, 0.6) is 0 Å². The summed E-state index contributed by atoms with van der Waals surface area (Å²) in [5.41, 5.74) is 4.76. The molecule has 0 spiro atoms. The number of nitrogens with zero attached hydrogens (tertiary/aromatic N) is 4. The van der Waals surface area contributed by atoms with Gasteiger partial charge in [-0.05, 0) is 24.1 Å². The Labute approximate surface area is 207 Å². The van der Waals surface area contributed by atoms with E-state index in [9.17, 15) is 9.59 Å². The molecule has 2 aliphatic rings. The molecule has 33 heavy (non-hydrogen) atoms. The summed E-state index contributed by atoms with van der Waals surface area (Å²) >= 11 is 12.5. The molecule has 2 saturated heterocycles. The van der Waals surface area contributed by atoms with Gasteiger partial charge >= 0.3 is 0 Å². The number of thiocarbonyl (C=S) groups is 2. The second kappa shape index (κ2) is 8.52. The number of thioether (sulfide) groups is 2. The number of carbonyl (C=O) groups is 2. The summed E-state index contributed by atoms with van der Waals surface area (Å²) in [4.78, 5) is 43.6. The van der Waals surface area contributed by atoms with Crippen molar-refractivity contribution in [2.75, 3.05) is 0 Å². The highest BCUT2D eigenvalue weighted by atomic mass is 32.2. The van der Waals surface area contributed by atoms with E-state index in [1.807, 2.05) is 6.07 Å². The van der Waals surface area contributed by atoms with Crippen molar-refractivity contribution in [3.63, 3.8) is 0 Å². The van der Waals surface area contributed by atoms with Crippen LogP contribution in [-0.2, 0) is 9.59 Å². The predicted molar refractivity (Wildman–Crippen MR) is 139 cm³/mol. The highest BCUT2D eigenvalue weighted by Crippen LogP contribution is 2.32. The van der Waals surface area contributed by atoms with Crippen LogP contribution in [0, 0.1) is 0 Å². The van der Waals surface area contributed by atoms with Crippen LogP contribution in [0.15, 0.2) is 28.3 Å². The second-order valence-corrected chi connectivity index (χ2v) is 10.9. The molecular formula is C21H14N6O2S4. The van der Waals surface area contributed by atoms with E-state index in [2.05, 4.69) is 39.4 Å². The monoisotopic (exact) mass is 510 g/mol. The average Bonchev–Trinajstić information content (AvgIpc) is 3.24. The van der Waals surface area contributed by atoms with E-state index < -0.39 is 0 Å². The maximum atomic E-state index is 12.0. The Morgan fingerprint density at radius 2 is 1.42 bits per heavy atom. The molecule has 8 nitrogen and oxygen atoms in total. The molecule has 3 aromatic rings. The molecule has 0 unspecified atom stereocenters. The normalized spacial score (nSPS) is 18.9. The van der Waals surface area contributed by atoms with Gasteiger partial charge in [0, 0.05) is 5.56 Å². The highest BCUT2D eigenvalue weighted by Gasteiger charge is 2.24. The molecule has 0 aliphatic carbocycles. The van der Waals surface area contributed by atoms with E-state index in [1.54, 1.807) is 24.5 Å². The Morgan fingerprint density at radius 3 is 1.97 bits per heavy atom. The van der Waals surface area contributed by atoms with Crippen molar-refractivity contribution in [2.45, 2.75) is 19.8 Å². The molecule has 2 aliphatic heterocycles. The SMILES string of the molecule is CC(C)c1c2ncc(/C=C3\SC(=S)NC3=O)nc2cc2ncc(/C=C3\SC(=S)NC3=O)nc12. The van der Waals surface area contributed by atoms with Crippen molar-refractivity contribution >= 4 is 103 Å². The lowest BCUT2D eigenvalue weighted by molar-refractivity contribution is -0.116. The van der Waals surface area contributed by atoms with Gasteiger partial charge in [-0.25, -0.2) is 9.97 Å². The maximum Gasteiger partial charge on any atom is 0.263 e. The van der Waals surface area contributed by atoms with Crippen molar-refractivity contribution in [1.82, 2.24) is 30.6 Å². The van der Waals surface area contributed by atoms with Crippen LogP contribution < -0.4 is 10.6 Å². The van der Waals surface area contributed by atoms with Crippen molar-refractivity contribution in [1.29, 1.82) is 0 Å². The van der Waals surface area contributed by atoms with Crippen molar-refractivity contribution < 1.29 is 9.59 Å². The first kappa shape index (κ1) is 22.0. The number of fused-ring (bicyclic) bond motifs is 2. The van der Waals surface area contributed by atoms with Gasteiger partial charge in [0.25, 0.3) is 11.8 Å². The quantitative estimate of drug-likeness (QED) is 0.308. The van der Waals surface area contributed by atoms with Gasteiger partial charge in [0.05, 0.1) is 55.7 Å². The fraction of sp³-hybridized carbons (Fsp3) is 0.143. The number of hydrogen-bond donors (Lipinski definition) is 2. The Bertz CT molecular complexity index is 1480. The van der Waals surface area contributed by atoms with E-state index in [-0.39, 0.29) is 17.7 Å². The molecule has 4 heterocycles. The van der Waals surface area contributed by atoms with Crippen LogP contribution in [0.3, 0.4) is 0 Å². The first-order valence-corrected chi connectivity index (χ1v) is 12.2. The van der Waals surface area contributed by atoms with E-state index in [0.717, 1.165) is 5.56 Å². The van der Waals surface area contributed by atoms with Gasteiger partial charge in [-0.3, -0.25) is 19.6 Å². The molecule has 0 bridgehead atoms. The Balaban J connectivity index is 1.63. The molecule has 2 aromatic heterocycles. The average molecular weight is 511 g/mol. The highest BCUT2D eigenvalue weighted by molar-refractivity contribution is 8.27. The summed E-state index contributed by atoms with van der Waals surface area (Å²) in [7, 11) is 0. The van der Waals surface area contributed by atoms with Gasteiger partial charge in [0.15, 0.2) is 0 Å². The first-order chi connectivity index (χ1) is 15.8. The first-order valence-electron chi connectivity index (χ1n) is 9.74. The molecule has 0 atom stereocenters. The van der Waals surface area contributed by atoms with Crippen molar-refractivity contribution in [3.05, 3.63) is 45.2 Å². The van der Waals surface area contributed by atoms with Crippen LogP contribution in [0.1, 0.15) is 36.7 Å². The van der Waals surface area contributed by atoms with Crippen molar-refractivity contribution in [2.24, 2.45) is 0 Å². The van der Waals surface area contributed by atoms with Crippen LogP contribution in [0.25, 0.3) is 34.2 Å². The number of amides is 2. The summed E-state index contributed by atoms with van der Waals surface area (Å²) in [6.07, 6.45) is 6.58. The minimum absolute atomic E-state index is 0.0946. The van der Waals surface area contributed by atoms with Crippen LogP contribution in [0.2, 0.25) is 0 Å². The number of nitrogens with one attached hydrogen (secondary N) is 2. The third-order valence-corrected chi connectivity index (χ3v) is 7.17. The van der Waals surface area contributed by atoms with Crippen LogP contribution >= 0.6 is 48.0 Å². The zero-order valence-corrected chi connectivity index (χ0v) is 20.5. The fourth-order valence-corrected chi connectivity index (χ4v) is 5.54. The molecule has 1 aromatic carbocycles. The minimum atomic E-state index is -0.240. The topological polar surface area (TPSA) is 110 Å². The molecule has 5 rings (SSSR count). The zero-order valence-electron chi connectivity index (χ0n) is 17.2. The third kappa shape index (κ3) is 4.26. The summed E-state index contributed by atoms with van der Waals surface area (Å²) in [5, 5.41) is 5.19. The fourth-order valence-electron chi connectivity index (χ4n) is 3.48. The van der Waals surface area contributed by atoms with Gasteiger partial charge < -0.3 is 10.6 Å². The molecule has 0 saturated carbocycles. The molecular weight excluding hydrogens is 497 g/mol. The smallest absolute Gasteiger partial charge is 0.263 e. The van der Waals surface area contributed by atoms with E-state index in [0.29, 0.717) is 51.9 Å². The number of benzene rings is 1. The summed E-state index contributed by atoms with van der Waals surface area (Å²) in [6, 6.07) is 1.83. The van der Waals surface area contributed by atoms with Gasteiger partial charge in [-0.15, -0.1) is 0 Å². The molecule has 12 heteroatoms. The number of hydrogen-bond acceptors (Lipinski definition) is 10. The van der Waals surface area contributed by atoms with E-state index in [1.165, 1.54) is 23.5 Å². The molecule has 164 valence electrons. The van der Waals surface area contributed by atoms with E-state index in [4.69, 9.17) is 29.4 Å². The number of carbonyl (C=O) groups excluding carboxylic acids is 2. The standard InChI is InChI=1S/C21H14N6O2S4/c1-8(2)15-16-12(24-9(7-23-16)3-13-18(28)26-20(30)32-13)5-11-17(15)25-10(6-22-11)4-14-19(29)27-21(31)33-14/h3-8H,1-2H3,(H,26,28,30)(H,27,29,31)/b13-3-,14-4-. The Kier molecular flexibility index (Phi) is 5.69. The van der Waals surface area contributed by atoms with Gasteiger partial charge in [0.1, 0.15) is 8.64 Å². The Hall–Kier alpha value is -2.80. The zero-order chi connectivity index (χ0) is 23.3. The maximum absolute atomic E-state index is 12.0. The summed E-state index contributed by atoms with van der Waals surface area (Å²) < 4.78 is 0.842. The van der Waals surface area contributed by atoms with Gasteiger partial charge in [0.2, 0.25) is 0 Å². The lowest BCUT2D eigenvalue weighted by Gasteiger charge is -2.13. The largest absolute Gasteiger partial charge is 0.307 e. The summed E-state index contributed by atoms with van der Waals surface area (Å²) in [5.74, 6) is -0.385. The minimum Gasteiger partial charge on any atom is -0.307 e. The number of rotatable bonds is 3. The van der Waals surface area contributed by atoms with Crippen molar-refractivity contribution in [3.8, 4) is 0 Å². The van der Waals surface area contributed by atoms with Crippen LogP contribution in [0.4, 0.5) is 0 Å². The Morgan fingerprint density at radius 1 is 0.848 bits per heavy atom. The van der Waals surface area contributed by atoms with E-state index >= 15 is 0 Å². The second-order valence-electron chi connectivity index (χ2n) is 7.47. The molecule has 2 fully saturated rings. The lowest BCUT2D eigenvalue weighted by atomic mass is 9.99. The predicted octanol–water partition coefficient (Wildman–Crippen LogP) is 3.67. The molecule has 2 amide bonds. The van der Waals surface area contributed by atoms with Crippen LogP contribution in [-0.4, -0.2) is 40.4 Å². The molecule has 0 radical (unpaired) electrons.